The van der Waals surface area contributed by atoms with E-state index in [2.05, 4.69) is 15.6 Å². The van der Waals surface area contributed by atoms with Crippen LogP contribution in [0.3, 0.4) is 0 Å². The zero-order valence-corrected chi connectivity index (χ0v) is 16.6. The summed E-state index contributed by atoms with van der Waals surface area (Å²) >= 11 is 0. The Bertz CT molecular complexity index is 576. The number of benzene rings is 1. The second kappa shape index (κ2) is 11.6. The Labute approximate surface area is 155 Å². The molecule has 1 rings (SSSR count). The van der Waals surface area contributed by atoms with Crippen LogP contribution >= 0.6 is 24.0 Å². The van der Waals surface area contributed by atoms with Crippen molar-refractivity contribution in [2.24, 2.45) is 10.1 Å². The zero-order chi connectivity index (χ0) is 16.4. The molecule has 9 heteroatoms. The fraction of sp³-hybridized carbons (Fsp3) is 0.500. The van der Waals surface area contributed by atoms with E-state index in [0.29, 0.717) is 13.2 Å². The lowest BCUT2D eigenvalue weighted by Gasteiger charge is -2.11. The average Bonchev–Trinajstić information content (AvgIpc) is 2.49. The number of hydrogen-bond acceptors (Lipinski definition) is 4. The summed E-state index contributed by atoms with van der Waals surface area (Å²) < 4.78 is 27.3. The Morgan fingerprint density at radius 1 is 1.22 bits per heavy atom. The van der Waals surface area contributed by atoms with Crippen LogP contribution in [0.4, 0.5) is 0 Å². The number of guanidine groups is 1. The minimum Gasteiger partial charge on any atom is -0.385 e. The third-order valence-corrected chi connectivity index (χ3v) is 3.93. The van der Waals surface area contributed by atoms with Gasteiger partial charge in [0.15, 0.2) is 5.96 Å². The maximum atomic E-state index is 11.2. The van der Waals surface area contributed by atoms with Gasteiger partial charge in [0.2, 0.25) is 10.0 Å². The van der Waals surface area contributed by atoms with Gasteiger partial charge >= 0.3 is 0 Å². The summed E-state index contributed by atoms with van der Waals surface area (Å²) in [7, 11) is -0.238. The second-order valence-corrected chi connectivity index (χ2v) is 6.27. The molecule has 0 spiro atoms. The number of methoxy groups -OCH3 is 1. The topological polar surface area (TPSA) is 106 Å². The molecule has 0 radical (unpaired) electrons. The molecule has 0 amide bonds. The van der Waals surface area contributed by atoms with E-state index in [4.69, 9.17) is 9.88 Å². The number of rotatable bonds is 8. The maximum absolute atomic E-state index is 11.2. The number of hydrogen-bond donors (Lipinski definition) is 3. The SMILES string of the molecule is CN=C(NCCCOC)NCCc1ccc(S(N)(=O)=O)cc1.I. The standard InChI is InChI=1S/C14H24N4O3S.HI/c1-16-14(17-9-3-11-21-2)18-10-8-12-4-6-13(7-5-12)22(15,19)20;/h4-7H,3,8-11H2,1-2H3,(H2,15,19,20)(H2,16,17,18);1H. The molecule has 0 saturated carbocycles. The molecule has 0 fully saturated rings. The highest BCUT2D eigenvalue weighted by atomic mass is 127. The van der Waals surface area contributed by atoms with E-state index in [9.17, 15) is 8.42 Å². The highest BCUT2D eigenvalue weighted by Crippen LogP contribution is 2.08. The van der Waals surface area contributed by atoms with Gasteiger partial charge in [0.1, 0.15) is 0 Å². The van der Waals surface area contributed by atoms with Gasteiger partial charge in [-0.2, -0.15) is 0 Å². The largest absolute Gasteiger partial charge is 0.385 e. The van der Waals surface area contributed by atoms with Crippen LogP contribution in [0.25, 0.3) is 0 Å². The van der Waals surface area contributed by atoms with Gasteiger partial charge in [-0.05, 0) is 30.5 Å². The van der Waals surface area contributed by atoms with Crippen LogP contribution in [0.2, 0.25) is 0 Å². The summed E-state index contributed by atoms with van der Waals surface area (Å²) in [6.45, 7) is 2.19. The molecule has 0 saturated heterocycles. The Balaban J connectivity index is 0.00000484. The van der Waals surface area contributed by atoms with Gasteiger partial charge < -0.3 is 15.4 Å². The number of primary sulfonamides is 1. The van der Waals surface area contributed by atoms with Crippen molar-refractivity contribution in [3.63, 3.8) is 0 Å². The van der Waals surface area contributed by atoms with Gasteiger partial charge in [0, 0.05) is 33.9 Å². The Kier molecular flexibility index (Phi) is 11.1. The molecule has 0 aliphatic heterocycles. The van der Waals surface area contributed by atoms with Crippen LogP contribution in [-0.2, 0) is 21.2 Å². The van der Waals surface area contributed by atoms with Gasteiger partial charge in [0.05, 0.1) is 4.90 Å². The number of aliphatic imine (C=N–C) groups is 1. The smallest absolute Gasteiger partial charge is 0.238 e. The molecule has 1 aromatic carbocycles. The summed E-state index contributed by atoms with van der Waals surface area (Å²) in [5.74, 6) is 0.734. The fourth-order valence-electron chi connectivity index (χ4n) is 1.81. The van der Waals surface area contributed by atoms with Crippen LogP contribution in [0.5, 0.6) is 0 Å². The van der Waals surface area contributed by atoms with Crippen molar-refractivity contribution < 1.29 is 13.2 Å². The number of nitrogens with zero attached hydrogens (tertiary/aromatic N) is 1. The molecule has 7 nitrogen and oxygen atoms in total. The fourth-order valence-corrected chi connectivity index (χ4v) is 2.33. The molecular formula is C14H25IN4O3S. The van der Waals surface area contributed by atoms with E-state index < -0.39 is 10.0 Å². The first-order chi connectivity index (χ1) is 10.5. The minimum absolute atomic E-state index is 0. The van der Waals surface area contributed by atoms with Crippen molar-refractivity contribution >= 4 is 40.0 Å². The van der Waals surface area contributed by atoms with Gasteiger partial charge in [-0.25, -0.2) is 13.6 Å². The van der Waals surface area contributed by atoms with Crippen molar-refractivity contribution in [1.29, 1.82) is 0 Å². The lowest BCUT2D eigenvalue weighted by atomic mass is 10.1. The van der Waals surface area contributed by atoms with E-state index >= 15 is 0 Å². The second-order valence-electron chi connectivity index (χ2n) is 4.71. The number of ether oxygens (including phenoxy) is 1. The molecule has 0 unspecified atom stereocenters. The molecule has 132 valence electrons. The molecule has 0 heterocycles. The first kappa shape index (κ1) is 22.1. The van der Waals surface area contributed by atoms with Gasteiger partial charge in [0.25, 0.3) is 0 Å². The van der Waals surface area contributed by atoms with Gasteiger partial charge in [-0.1, -0.05) is 12.1 Å². The molecule has 23 heavy (non-hydrogen) atoms. The van der Waals surface area contributed by atoms with Gasteiger partial charge in [-0.15, -0.1) is 24.0 Å². The van der Waals surface area contributed by atoms with Crippen molar-refractivity contribution in [2.75, 3.05) is 33.9 Å². The molecule has 0 aliphatic carbocycles. The third kappa shape index (κ3) is 9.08. The van der Waals surface area contributed by atoms with E-state index in [1.165, 1.54) is 12.1 Å². The molecular weight excluding hydrogens is 431 g/mol. The predicted octanol–water partition coefficient (Wildman–Crippen LogP) is 0.696. The number of nitrogens with one attached hydrogen (secondary N) is 2. The molecule has 0 atom stereocenters. The molecule has 1 aromatic rings. The van der Waals surface area contributed by atoms with Crippen molar-refractivity contribution in [2.45, 2.75) is 17.7 Å². The van der Waals surface area contributed by atoms with Crippen molar-refractivity contribution in [3.8, 4) is 0 Å². The van der Waals surface area contributed by atoms with Crippen LogP contribution in [-0.4, -0.2) is 48.2 Å². The molecule has 0 bridgehead atoms. The number of sulfonamides is 1. The summed E-state index contributed by atoms with van der Waals surface area (Å²) in [6.07, 6.45) is 1.66. The quantitative estimate of drug-likeness (QED) is 0.231. The minimum atomic E-state index is -3.63. The highest BCUT2D eigenvalue weighted by molar-refractivity contribution is 14.0. The average molecular weight is 456 g/mol. The first-order valence-corrected chi connectivity index (χ1v) is 8.57. The van der Waals surface area contributed by atoms with Crippen LogP contribution in [0.15, 0.2) is 34.2 Å². The Morgan fingerprint density at radius 3 is 2.35 bits per heavy atom. The summed E-state index contributed by atoms with van der Waals surface area (Å²) in [5.41, 5.74) is 1.02. The Hall–Kier alpha value is -0.910. The monoisotopic (exact) mass is 456 g/mol. The van der Waals surface area contributed by atoms with E-state index in [1.807, 2.05) is 0 Å². The summed E-state index contributed by atoms with van der Waals surface area (Å²) in [4.78, 5) is 4.25. The molecule has 0 aromatic heterocycles. The Morgan fingerprint density at radius 2 is 1.83 bits per heavy atom. The van der Waals surface area contributed by atoms with Crippen LogP contribution in [0, 0.1) is 0 Å². The van der Waals surface area contributed by atoms with E-state index in [-0.39, 0.29) is 28.9 Å². The van der Waals surface area contributed by atoms with Crippen LogP contribution < -0.4 is 15.8 Å². The van der Waals surface area contributed by atoms with E-state index in [0.717, 1.165) is 30.9 Å². The van der Waals surface area contributed by atoms with Crippen LogP contribution in [0.1, 0.15) is 12.0 Å². The van der Waals surface area contributed by atoms with E-state index in [1.54, 1.807) is 26.3 Å². The lowest BCUT2D eigenvalue weighted by Crippen LogP contribution is -2.39. The summed E-state index contributed by atoms with van der Waals surface area (Å²) in [5, 5.41) is 11.4. The van der Waals surface area contributed by atoms with Gasteiger partial charge in [-0.3, -0.25) is 4.99 Å². The lowest BCUT2D eigenvalue weighted by molar-refractivity contribution is 0.195. The number of nitrogens with two attached hydrogens (primary N) is 1. The maximum Gasteiger partial charge on any atom is 0.238 e. The molecule has 4 N–H and O–H groups in total. The first-order valence-electron chi connectivity index (χ1n) is 7.02. The highest BCUT2D eigenvalue weighted by Gasteiger charge is 2.06. The third-order valence-electron chi connectivity index (χ3n) is 3.00. The summed E-state index contributed by atoms with van der Waals surface area (Å²) in [6, 6.07) is 6.55. The normalized spacial score (nSPS) is 11.7. The predicted molar refractivity (Wildman–Crippen MR) is 103 cm³/mol. The zero-order valence-electron chi connectivity index (χ0n) is 13.4. The number of halogens is 1. The van der Waals surface area contributed by atoms with Crippen molar-refractivity contribution in [3.05, 3.63) is 29.8 Å². The molecule has 0 aliphatic rings. The van der Waals surface area contributed by atoms with Crippen molar-refractivity contribution in [1.82, 2.24) is 10.6 Å².